The lowest BCUT2D eigenvalue weighted by molar-refractivity contribution is 0.0459. The molecule has 0 unspecified atom stereocenters. The van der Waals surface area contributed by atoms with Crippen LogP contribution < -0.4 is 10.6 Å². The predicted octanol–water partition coefficient (Wildman–Crippen LogP) is 2.96. The van der Waals surface area contributed by atoms with E-state index in [1.54, 1.807) is 0 Å². The number of rotatable bonds is 5. The van der Waals surface area contributed by atoms with E-state index in [1.807, 2.05) is 0 Å². The van der Waals surface area contributed by atoms with Crippen molar-refractivity contribution in [1.29, 1.82) is 0 Å². The molecule has 2 rings (SSSR count). The average molecular weight is 327 g/mol. The van der Waals surface area contributed by atoms with Gasteiger partial charge in [0.2, 0.25) is 0 Å². The van der Waals surface area contributed by atoms with Gasteiger partial charge in [-0.1, -0.05) is 6.07 Å². The zero-order chi connectivity index (χ0) is 13.7. The van der Waals surface area contributed by atoms with Crippen LogP contribution in [-0.2, 0) is 11.2 Å². The first kappa shape index (κ1) is 14.8. The van der Waals surface area contributed by atoms with Crippen molar-refractivity contribution in [2.24, 2.45) is 5.73 Å². The molecule has 0 amide bonds. The Labute approximate surface area is 124 Å². The summed E-state index contributed by atoms with van der Waals surface area (Å²) in [7, 11) is 0. The highest BCUT2D eigenvalue weighted by atomic mass is 79.9. The van der Waals surface area contributed by atoms with Crippen LogP contribution in [0.2, 0.25) is 0 Å². The molecule has 0 aromatic heterocycles. The summed E-state index contributed by atoms with van der Waals surface area (Å²) in [5.41, 5.74) is 8.18. The minimum Gasteiger partial charge on any atom is -0.378 e. The first-order valence-corrected chi connectivity index (χ1v) is 7.89. The van der Waals surface area contributed by atoms with E-state index in [-0.39, 0.29) is 0 Å². The number of piperidine rings is 1. The van der Waals surface area contributed by atoms with Crippen LogP contribution in [0.25, 0.3) is 0 Å². The van der Waals surface area contributed by atoms with Gasteiger partial charge in [0.25, 0.3) is 0 Å². The fraction of sp³-hybridized carbons (Fsp3) is 0.600. The van der Waals surface area contributed by atoms with E-state index < -0.39 is 0 Å². The minimum atomic E-state index is 0.441. The molecule has 1 fully saturated rings. The van der Waals surface area contributed by atoms with Gasteiger partial charge in [-0.05, 0) is 66.4 Å². The van der Waals surface area contributed by atoms with Gasteiger partial charge in [-0.3, -0.25) is 0 Å². The van der Waals surface area contributed by atoms with E-state index in [1.165, 1.54) is 15.7 Å². The molecular weight excluding hydrogens is 304 g/mol. The van der Waals surface area contributed by atoms with Crippen LogP contribution in [0.4, 0.5) is 5.69 Å². The quantitative estimate of drug-likeness (QED) is 0.904. The van der Waals surface area contributed by atoms with E-state index in [4.69, 9.17) is 10.5 Å². The zero-order valence-corrected chi connectivity index (χ0v) is 13.2. The van der Waals surface area contributed by atoms with E-state index in [2.05, 4.69) is 46.0 Å². The maximum Gasteiger partial charge on any atom is 0.0608 e. The van der Waals surface area contributed by atoms with E-state index in [9.17, 15) is 0 Å². The Morgan fingerprint density at radius 2 is 2.11 bits per heavy atom. The van der Waals surface area contributed by atoms with Gasteiger partial charge < -0.3 is 15.4 Å². The molecule has 19 heavy (non-hydrogen) atoms. The SMILES string of the molecule is CCOC1CCN(c2ccc(CCN)cc2Br)CC1. The molecule has 1 aromatic carbocycles. The second-order valence-corrected chi connectivity index (χ2v) is 5.82. The molecular formula is C15H23BrN2O. The van der Waals surface area contributed by atoms with Crippen molar-refractivity contribution in [2.45, 2.75) is 32.3 Å². The molecule has 1 saturated heterocycles. The molecule has 0 radical (unpaired) electrons. The summed E-state index contributed by atoms with van der Waals surface area (Å²) in [6.07, 6.45) is 3.61. The summed E-state index contributed by atoms with van der Waals surface area (Å²) in [5, 5.41) is 0. The second kappa shape index (κ2) is 7.27. The van der Waals surface area contributed by atoms with Crippen molar-refractivity contribution in [2.75, 3.05) is 31.1 Å². The van der Waals surface area contributed by atoms with Crippen LogP contribution in [0.1, 0.15) is 25.3 Å². The van der Waals surface area contributed by atoms with Crippen LogP contribution in [0.15, 0.2) is 22.7 Å². The van der Waals surface area contributed by atoms with Crippen molar-refractivity contribution in [3.8, 4) is 0 Å². The lowest BCUT2D eigenvalue weighted by Gasteiger charge is -2.34. The van der Waals surface area contributed by atoms with E-state index in [0.29, 0.717) is 12.6 Å². The topological polar surface area (TPSA) is 38.5 Å². The minimum absolute atomic E-state index is 0.441. The molecule has 1 heterocycles. The summed E-state index contributed by atoms with van der Waals surface area (Å²) >= 11 is 3.68. The lowest BCUT2D eigenvalue weighted by Crippen LogP contribution is -2.37. The second-order valence-electron chi connectivity index (χ2n) is 4.97. The zero-order valence-electron chi connectivity index (χ0n) is 11.6. The van der Waals surface area contributed by atoms with Crippen LogP contribution in [-0.4, -0.2) is 32.3 Å². The Kier molecular flexibility index (Phi) is 5.67. The third-order valence-corrected chi connectivity index (χ3v) is 4.27. The van der Waals surface area contributed by atoms with Crippen LogP contribution in [0.5, 0.6) is 0 Å². The molecule has 106 valence electrons. The molecule has 0 aliphatic carbocycles. The molecule has 2 N–H and O–H groups in total. The van der Waals surface area contributed by atoms with E-state index >= 15 is 0 Å². The van der Waals surface area contributed by atoms with Crippen molar-refractivity contribution in [1.82, 2.24) is 0 Å². The van der Waals surface area contributed by atoms with Crippen molar-refractivity contribution >= 4 is 21.6 Å². The number of hydrogen-bond donors (Lipinski definition) is 1. The Hall–Kier alpha value is -0.580. The van der Waals surface area contributed by atoms with Crippen molar-refractivity contribution in [3.05, 3.63) is 28.2 Å². The van der Waals surface area contributed by atoms with Crippen LogP contribution >= 0.6 is 15.9 Å². The van der Waals surface area contributed by atoms with Gasteiger partial charge in [0.15, 0.2) is 0 Å². The predicted molar refractivity (Wildman–Crippen MR) is 83.8 cm³/mol. The third kappa shape index (κ3) is 3.94. The maximum absolute atomic E-state index is 5.70. The molecule has 4 heteroatoms. The highest BCUT2D eigenvalue weighted by Crippen LogP contribution is 2.30. The molecule has 1 aliphatic heterocycles. The monoisotopic (exact) mass is 326 g/mol. The Morgan fingerprint density at radius 1 is 1.37 bits per heavy atom. The number of halogens is 1. The van der Waals surface area contributed by atoms with Gasteiger partial charge >= 0.3 is 0 Å². The van der Waals surface area contributed by atoms with Crippen molar-refractivity contribution < 1.29 is 4.74 Å². The molecule has 1 aromatic rings. The molecule has 1 aliphatic rings. The van der Waals surface area contributed by atoms with Gasteiger partial charge in [0.05, 0.1) is 11.8 Å². The fourth-order valence-electron chi connectivity index (χ4n) is 2.63. The van der Waals surface area contributed by atoms with Gasteiger partial charge in [0.1, 0.15) is 0 Å². The first-order chi connectivity index (χ1) is 9.24. The summed E-state index contributed by atoms with van der Waals surface area (Å²) < 4.78 is 6.87. The van der Waals surface area contributed by atoms with Gasteiger partial charge in [-0.2, -0.15) is 0 Å². The smallest absolute Gasteiger partial charge is 0.0608 e. The van der Waals surface area contributed by atoms with Crippen LogP contribution in [0, 0.1) is 0 Å². The summed E-state index contributed by atoms with van der Waals surface area (Å²) in [5.74, 6) is 0. The maximum atomic E-state index is 5.70. The van der Waals surface area contributed by atoms with Gasteiger partial charge in [-0.15, -0.1) is 0 Å². The summed E-state index contributed by atoms with van der Waals surface area (Å²) in [6.45, 7) is 5.73. The Morgan fingerprint density at radius 3 is 2.68 bits per heavy atom. The Balaban J connectivity index is 1.99. The lowest BCUT2D eigenvalue weighted by atomic mass is 10.1. The Bertz CT molecular complexity index is 403. The number of nitrogens with two attached hydrogens (primary N) is 1. The third-order valence-electron chi connectivity index (χ3n) is 3.63. The largest absolute Gasteiger partial charge is 0.378 e. The normalized spacial score (nSPS) is 16.9. The molecule has 3 nitrogen and oxygen atoms in total. The number of hydrogen-bond acceptors (Lipinski definition) is 3. The number of ether oxygens (including phenoxy) is 1. The fourth-order valence-corrected chi connectivity index (χ4v) is 3.31. The number of nitrogens with zero attached hydrogens (tertiary/aromatic N) is 1. The summed E-state index contributed by atoms with van der Waals surface area (Å²) in [6, 6.07) is 6.58. The molecule has 0 spiro atoms. The van der Waals surface area contributed by atoms with Gasteiger partial charge in [-0.25, -0.2) is 0 Å². The van der Waals surface area contributed by atoms with Crippen molar-refractivity contribution in [3.63, 3.8) is 0 Å². The highest BCUT2D eigenvalue weighted by molar-refractivity contribution is 9.10. The molecule has 0 bridgehead atoms. The molecule has 0 saturated carbocycles. The van der Waals surface area contributed by atoms with E-state index in [0.717, 1.165) is 39.0 Å². The highest BCUT2D eigenvalue weighted by Gasteiger charge is 2.20. The molecule has 0 atom stereocenters. The average Bonchev–Trinajstić information content (AvgIpc) is 2.41. The summed E-state index contributed by atoms with van der Waals surface area (Å²) in [4.78, 5) is 2.44. The number of anilines is 1. The standard InChI is InChI=1S/C15H23BrN2O/c1-2-19-13-6-9-18(10-7-13)15-4-3-12(5-8-17)11-14(15)16/h3-4,11,13H,2,5-10,17H2,1H3. The van der Waals surface area contributed by atoms with Gasteiger partial charge in [0, 0.05) is 24.2 Å². The first-order valence-electron chi connectivity index (χ1n) is 7.09. The number of benzene rings is 1. The van der Waals surface area contributed by atoms with Crippen LogP contribution in [0.3, 0.4) is 0 Å².